The zero-order chi connectivity index (χ0) is 15.1. The maximum Gasteiger partial charge on any atom is 0.306 e. The Hall–Kier alpha value is -1.84. The Morgan fingerprint density at radius 1 is 1.25 bits per heavy atom. The minimum absolute atomic E-state index is 0.135. The molecule has 0 radical (unpaired) electrons. The van der Waals surface area contributed by atoms with Gasteiger partial charge in [-0.05, 0) is 31.4 Å². The van der Waals surface area contributed by atoms with E-state index in [4.69, 9.17) is 0 Å². The largest absolute Gasteiger partial charge is 0.481 e. The van der Waals surface area contributed by atoms with Gasteiger partial charge in [0, 0.05) is 12.1 Å². The Balaban J connectivity index is 2.56. The predicted octanol–water partition coefficient (Wildman–Crippen LogP) is 3.46. The Morgan fingerprint density at radius 2 is 1.85 bits per heavy atom. The van der Waals surface area contributed by atoms with Crippen LogP contribution in [0.3, 0.4) is 0 Å². The second kappa shape index (κ2) is 7.68. The van der Waals surface area contributed by atoms with E-state index in [0.29, 0.717) is 6.42 Å². The van der Waals surface area contributed by atoms with Gasteiger partial charge in [-0.2, -0.15) is 0 Å². The number of anilines is 1. The summed E-state index contributed by atoms with van der Waals surface area (Å²) in [7, 11) is 0. The second-order valence-corrected chi connectivity index (χ2v) is 5.33. The summed E-state index contributed by atoms with van der Waals surface area (Å²) in [6.07, 6.45) is 1.64. The van der Waals surface area contributed by atoms with Crippen molar-refractivity contribution in [2.45, 2.75) is 40.0 Å². The van der Waals surface area contributed by atoms with Gasteiger partial charge in [0.1, 0.15) is 0 Å². The van der Waals surface area contributed by atoms with Gasteiger partial charge in [0.2, 0.25) is 5.91 Å². The lowest BCUT2D eigenvalue weighted by Gasteiger charge is -2.19. The number of benzene rings is 1. The topological polar surface area (TPSA) is 66.4 Å². The van der Waals surface area contributed by atoms with Crippen LogP contribution in [0.1, 0.15) is 38.7 Å². The summed E-state index contributed by atoms with van der Waals surface area (Å²) in [5.41, 5.74) is 1.88. The van der Waals surface area contributed by atoms with Gasteiger partial charge < -0.3 is 10.4 Å². The molecule has 0 aliphatic heterocycles. The van der Waals surface area contributed by atoms with Gasteiger partial charge in [0.15, 0.2) is 0 Å². The number of carboxylic acid groups (broad SMARTS) is 1. The third-order valence-corrected chi connectivity index (χ3v) is 3.45. The van der Waals surface area contributed by atoms with Crippen molar-refractivity contribution in [1.29, 1.82) is 0 Å². The minimum Gasteiger partial charge on any atom is -0.481 e. The standard InChI is InChI=1S/C16H23NO3/c1-4-5-14(16(19)20)12(3)10-15(18)17-13-8-6-11(2)7-9-13/h6-9,12,14H,4-5,10H2,1-3H3,(H,17,18)(H,19,20). The molecule has 20 heavy (non-hydrogen) atoms. The maximum atomic E-state index is 11.9. The number of carbonyl (C=O) groups is 2. The van der Waals surface area contributed by atoms with Crippen LogP contribution in [0.5, 0.6) is 0 Å². The molecule has 4 nitrogen and oxygen atoms in total. The number of carboxylic acids is 1. The highest BCUT2D eigenvalue weighted by atomic mass is 16.4. The first-order valence-electron chi connectivity index (χ1n) is 7.03. The SMILES string of the molecule is CCCC(C(=O)O)C(C)CC(=O)Nc1ccc(C)cc1. The van der Waals surface area contributed by atoms with Crippen molar-refractivity contribution in [1.82, 2.24) is 0 Å². The third-order valence-electron chi connectivity index (χ3n) is 3.45. The van der Waals surface area contributed by atoms with Gasteiger partial charge in [-0.25, -0.2) is 0 Å². The highest BCUT2D eigenvalue weighted by Crippen LogP contribution is 2.22. The Kier molecular flexibility index (Phi) is 6.22. The number of carbonyl (C=O) groups excluding carboxylic acids is 1. The Morgan fingerprint density at radius 3 is 2.35 bits per heavy atom. The van der Waals surface area contributed by atoms with Crippen LogP contribution in [0.15, 0.2) is 24.3 Å². The molecule has 1 amide bonds. The van der Waals surface area contributed by atoms with E-state index in [0.717, 1.165) is 17.7 Å². The molecule has 0 aromatic heterocycles. The molecule has 1 aromatic carbocycles. The molecule has 4 heteroatoms. The van der Waals surface area contributed by atoms with Gasteiger partial charge in [0.05, 0.1) is 5.92 Å². The fraction of sp³-hybridized carbons (Fsp3) is 0.500. The fourth-order valence-electron chi connectivity index (χ4n) is 2.25. The first kappa shape index (κ1) is 16.2. The van der Waals surface area contributed by atoms with Crippen molar-refractivity contribution < 1.29 is 14.7 Å². The normalized spacial score (nSPS) is 13.6. The van der Waals surface area contributed by atoms with Crippen LogP contribution >= 0.6 is 0 Å². The summed E-state index contributed by atoms with van der Waals surface area (Å²) >= 11 is 0. The van der Waals surface area contributed by atoms with E-state index in [-0.39, 0.29) is 18.2 Å². The highest BCUT2D eigenvalue weighted by Gasteiger charge is 2.25. The molecule has 0 fully saturated rings. The van der Waals surface area contributed by atoms with Crippen molar-refractivity contribution in [2.24, 2.45) is 11.8 Å². The van der Waals surface area contributed by atoms with Crippen molar-refractivity contribution in [2.75, 3.05) is 5.32 Å². The summed E-state index contributed by atoms with van der Waals surface area (Å²) in [5.74, 6) is -1.58. The molecular weight excluding hydrogens is 254 g/mol. The number of nitrogens with one attached hydrogen (secondary N) is 1. The Labute approximate surface area is 120 Å². The van der Waals surface area contributed by atoms with Crippen molar-refractivity contribution in [3.8, 4) is 0 Å². The minimum atomic E-state index is -0.817. The van der Waals surface area contributed by atoms with Crippen LogP contribution in [0.25, 0.3) is 0 Å². The van der Waals surface area contributed by atoms with Crippen LogP contribution in [-0.2, 0) is 9.59 Å². The number of amides is 1. The number of aryl methyl sites for hydroxylation is 1. The van der Waals surface area contributed by atoms with Gasteiger partial charge in [0.25, 0.3) is 0 Å². The van der Waals surface area contributed by atoms with Gasteiger partial charge in [-0.3, -0.25) is 9.59 Å². The van der Waals surface area contributed by atoms with Crippen LogP contribution in [-0.4, -0.2) is 17.0 Å². The van der Waals surface area contributed by atoms with E-state index in [1.54, 1.807) is 0 Å². The van der Waals surface area contributed by atoms with Gasteiger partial charge in [-0.1, -0.05) is 38.0 Å². The zero-order valence-electron chi connectivity index (χ0n) is 12.3. The van der Waals surface area contributed by atoms with Crippen LogP contribution < -0.4 is 5.32 Å². The molecule has 0 spiro atoms. The summed E-state index contributed by atoms with van der Waals surface area (Å²) in [6.45, 7) is 5.76. The Bertz CT molecular complexity index is 453. The highest BCUT2D eigenvalue weighted by molar-refractivity contribution is 5.91. The molecule has 0 bridgehead atoms. The molecule has 0 aliphatic rings. The van der Waals surface area contributed by atoms with Crippen molar-refractivity contribution >= 4 is 17.6 Å². The predicted molar refractivity (Wildman–Crippen MR) is 79.6 cm³/mol. The number of hydrogen-bond acceptors (Lipinski definition) is 2. The van der Waals surface area contributed by atoms with E-state index >= 15 is 0 Å². The van der Waals surface area contributed by atoms with Crippen molar-refractivity contribution in [3.63, 3.8) is 0 Å². The van der Waals surface area contributed by atoms with Gasteiger partial charge >= 0.3 is 5.97 Å². The molecular formula is C16H23NO3. The second-order valence-electron chi connectivity index (χ2n) is 5.33. The van der Waals surface area contributed by atoms with E-state index in [9.17, 15) is 14.7 Å². The first-order valence-corrected chi connectivity index (χ1v) is 7.03. The molecule has 2 unspecified atom stereocenters. The molecule has 2 N–H and O–H groups in total. The number of rotatable bonds is 7. The summed E-state index contributed by atoms with van der Waals surface area (Å²) in [4.78, 5) is 23.1. The summed E-state index contributed by atoms with van der Waals surface area (Å²) in [5, 5.41) is 12.0. The van der Waals surface area contributed by atoms with Crippen LogP contribution in [0.4, 0.5) is 5.69 Å². The summed E-state index contributed by atoms with van der Waals surface area (Å²) in [6, 6.07) is 7.55. The average molecular weight is 277 g/mol. The zero-order valence-corrected chi connectivity index (χ0v) is 12.3. The maximum absolute atomic E-state index is 11.9. The lowest BCUT2D eigenvalue weighted by atomic mass is 9.87. The molecule has 1 rings (SSSR count). The van der Waals surface area contributed by atoms with E-state index in [1.165, 1.54) is 0 Å². The van der Waals surface area contributed by atoms with Gasteiger partial charge in [-0.15, -0.1) is 0 Å². The number of aliphatic carboxylic acids is 1. The van der Waals surface area contributed by atoms with Crippen LogP contribution in [0, 0.1) is 18.8 Å². The fourth-order valence-corrected chi connectivity index (χ4v) is 2.25. The van der Waals surface area contributed by atoms with Crippen molar-refractivity contribution in [3.05, 3.63) is 29.8 Å². The average Bonchev–Trinajstić information content (AvgIpc) is 2.38. The molecule has 2 atom stereocenters. The first-order chi connectivity index (χ1) is 9.43. The monoisotopic (exact) mass is 277 g/mol. The lowest BCUT2D eigenvalue weighted by molar-refractivity contribution is -0.144. The molecule has 0 saturated carbocycles. The lowest BCUT2D eigenvalue weighted by Crippen LogP contribution is -2.25. The quantitative estimate of drug-likeness (QED) is 0.802. The van der Waals surface area contributed by atoms with E-state index in [2.05, 4.69) is 5.32 Å². The number of hydrogen-bond donors (Lipinski definition) is 2. The van der Waals surface area contributed by atoms with E-state index in [1.807, 2.05) is 45.0 Å². The van der Waals surface area contributed by atoms with Crippen LogP contribution in [0.2, 0.25) is 0 Å². The molecule has 110 valence electrons. The molecule has 0 aliphatic carbocycles. The van der Waals surface area contributed by atoms with E-state index < -0.39 is 11.9 Å². The smallest absolute Gasteiger partial charge is 0.306 e. The molecule has 1 aromatic rings. The molecule has 0 saturated heterocycles. The molecule has 0 heterocycles. The third kappa shape index (κ3) is 5.03. The summed E-state index contributed by atoms with van der Waals surface area (Å²) < 4.78 is 0.